The minimum atomic E-state index is -0.389. The Morgan fingerprint density at radius 1 is 1.67 bits per heavy atom. The van der Waals surface area contributed by atoms with Crippen molar-refractivity contribution in [2.24, 2.45) is 4.99 Å². The third-order valence-corrected chi connectivity index (χ3v) is 1.46. The molecule has 5 heteroatoms. The minimum absolute atomic E-state index is 0.109. The fourth-order valence-electron chi connectivity index (χ4n) is 0.710. The summed E-state index contributed by atoms with van der Waals surface area (Å²) in [6, 6.07) is 4.56. The van der Waals surface area contributed by atoms with E-state index < -0.39 is 0 Å². The molecule has 0 aromatic carbocycles. The first-order valence-corrected chi connectivity index (χ1v) is 3.61. The number of nitrogens with zero attached hydrogens (tertiary/aromatic N) is 2. The number of aromatic nitrogens is 1. The first kappa shape index (κ1) is 8.80. The van der Waals surface area contributed by atoms with Crippen LogP contribution in [0.3, 0.4) is 0 Å². The standard InChI is InChI=1S/C7H7ClN2O2/c1-5(11)9-7-4-2-3-6(8)10(7)12/h2-4,12H,1H3. The van der Waals surface area contributed by atoms with E-state index in [1.807, 2.05) is 0 Å². The van der Waals surface area contributed by atoms with E-state index in [0.29, 0.717) is 4.73 Å². The monoisotopic (exact) mass is 186 g/mol. The van der Waals surface area contributed by atoms with Crippen molar-refractivity contribution >= 4 is 17.5 Å². The van der Waals surface area contributed by atoms with Crippen molar-refractivity contribution in [2.45, 2.75) is 6.92 Å². The Morgan fingerprint density at radius 2 is 2.33 bits per heavy atom. The van der Waals surface area contributed by atoms with Gasteiger partial charge in [-0.1, -0.05) is 17.7 Å². The van der Waals surface area contributed by atoms with Gasteiger partial charge in [-0.05, 0) is 12.1 Å². The topological polar surface area (TPSA) is 54.6 Å². The van der Waals surface area contributed by atoms with Gasteiger partial charge in [0.2, 0.25) is 5.91 Å². The first-order chi connectivity index (χ1) is 5.61. The molecule has 12 heavy (non-hydrogen) atoms. The number of halogens is 1. The molecule has 0 bridgehead atoms. The van der Waals surface area contributed by atoms with E-state index in [1.54, 1.807) is 6.07 Å². The van der Waals surface area contributed by atoms with Crippen LogP contribution in [0.1, 0.15) is 6.92 Å². The van der Waals surface area contributed by atoms with E-state index in [2.05, 4.69) is 4.99 Å². The molecule has 0 unspecified atom stereocenters. The summed E-state index contributed by atoms with van der Waals surface area (Å²) in [6.45, 7) is 1.29. The molecule has 1 heterocycles. The summed E-state index contributed by atoms with van der Waals surface area (Å²) >= 11 is 5.54. The van der Waals surface area contributed by atoms with E-state index in [4.69, 9.17) is 11.6 Å². The van der Waals surface area contributed by atoms with Gasteiger partial charge in [0, 0.05) is 6.92 Å². The van der Waals surface area contributed by atoms with Crippen molar-refractivity contribution in [3.63, 3.8) is 0 Å². The van der Waals surface area contributed by atoms with Gasteiger partial charge < -0.3 is 5.21 Å². The van der Waals surface area contributed by atoms with Crippen molar-refractivity contribution in [2.75, 3.05) is 0 Å². The molecule has 1 amide bonds. The lowest BCUT2D eigenvalue weighted by molar-refractivity contribution is -0.116. The highest BCUT2D eigenvalue weighted by molar-refractivity contribution is 6.29. The van der Waals surface area contributed by atoms with Gasteiger partial charge in [0.25, 0.3) is 0 Å². The fraction of sp³-hybridized carbons (Fsp3) is 0.143. The molecule has 1 rings (SSSR count). The third-order valence-electron chi connectivity index (χ3n) is 1.17. The lowest BCUT2D eigenvalue weighted by Gasteiger charge is -1.98. The molecule has 0 aliphatic heterocycles. The maximum Gasteiger partial charge on any atom is 0.244 e. The van der Waals surface area contributed by atoms with Gasteiger partial charge in [-0.2, -0.15) is 9.72 Å². The van der Waals surface area contributed by atoms with Crippen LogP contribution in [0, 0.1) is 0 Å². The normalized spacial score (nSPS) is 11.7. The Balaban J connectivity index is 3.35. The number of carbonyl (C=O) groups excluding carboxylic acids is 1. The lowest BCUT2D eigenvalue weighted by Crippen LogP contribution is -2.19. The summed E-state index contributed by atoms with van der Waals surface area (Å²) in [4.78, 5) is 14.1. The molecule has 0 saturated carbocycles. The van der Waals surface area contributed by atoms with Crippen molar-refractivity contribution in [3.8, 4) is 0 Å². The summed E-state index contributed by atoms with van der Waals surface area (Å²) in [7, 11) is 0. The van der Waals surface area contributed by atoms with Gasteiger partial charge in [-0.3, -0.25) is 4.79 Å². The van der Waals surface area contributed by atoms with Crippen molar-refractivity contribution in [1.29, 1.82) is 0 Å². The zero-order valence-electron chi connectivity index (χ0n) is 6.36. The highest BCUT2D eigenvalue weighted by Gasteiger charge is 1.95. The molecule has 0 spiro atoms. The predicted octanol–water partition coefficient (Wildman–Crippen LogP) is 0.826. The second kappa shape index (κ2) is 3.40. The average molecular weight is 187 g/mol. The van der Waals surface area contributed by atoms with E-state index in [-0.39, 0.29) is 16.5 Å². The molecule has 4 nitrogen and oxygen atoms in total. The fourth-order valence-corrected chi connectivity index (χ4v) is 0.869. The molecule has 0 fully saturated rings. The molecular weight excluding hydrogens is 180 g/mol. The predicted molar refractivity (Wildman–Crippen MR) is 42.9 cm³/mol. The number of carbonyl (C=O) groups is 1. The molecule has 0 radical (unpaired) electrons. The van der Waals surface area contributed by atoms with Crippen LogP contribution < -0.4 is 5.49 Å². The number of hydrogen-bond donors (Lipinski definition) is 1. The van der Waals surface area contributed by atoms with Gasteiger partial charge in [-0.25, -0.2) is 0 Å². The van der Waals surface area contributed by atoms with Gasteiger partial charge in [0.05, 0.1) is 0 Å². The largest absolute Gasteiger partial charge is 0.426 e. The van der Waals surface area contributed by atoms with Crippen molar-refractivity contribution < 1.29 is 10.0 Å². The SMILES string of the molecule is CC(=O)N=c1cccc(Cl)n1O. The van der Waals surface area contributed by atoms with Gasteiger partial charge in [0.1, 0.15) is 5.15 Å². The summed E-state index contributed by atoms with van der Waals surface area (Å²) in [5, 5.41) is 9.29. The minimum Gasteiger partial charge on any atom is -0.426 e. The van der Waals surface area contributed by atoms with Gasteiger partial charge >= 0.3 is 0 Å². The smallest absolute Gasteiger partial charge is 0.244 e. The maximum atomic E-state index is 10.5. The Kier molecular flexibility index (Phi) is 2.50. The molecule has 1 aromatic heterocycles. The third kappa shape index (κ3) is 1.85. The summed E-state index contributed by atoms with van der Waals surface area (Å²) < 4.78 is 0.642. The van der Waals surface area contributed by atoms with Crippen LogP contribution >= 0.6 is 11.6 Å². The lowest BCUT2D eigenvalue weighted by atomic mass is 10.5. The van der Waals surface area contributed by atoms with Crippen LogP contribution in [-0.4, -0.2) is 15.8 Å². The number of rotatable bonds is 0. The maximum absolute atomic E-state index is 10.5. The van der Waals surface area contributed by atoms with Crippen LogP contribution in [0.25, 0.3) is 0 Å². The zero-order valence-corrected chi connectivity index (χ0v) is 7.12. The molecular formula is C7H7ClN2O2. The quantitative estimate of drug-likeness (QED) is 0.482. The van der Waals surface area contributed by atoms with Crippen LogP contribution in [0.4, 0.5) is 0 Å². The Hall–Kier alpha value is -1.29. The second-order valence-electron chi connectivity index (χ2n) is 2.15. The Labute approximate surface area is 73.7 Å². The van der Waals surface area contributed by atoms with E-state index in [1.165, 1.54) is 19.1 Å². The molecule has 0 saturated heterocycles. The molecule has 1 aromatic rings. The average Bonchev–Trinajstić information content (AvgIpc) is 1.98. The molecule has 64 valence electrons. The van der Waals surface area contributed by atoms with Gasteiger partial charge in [-0.15, -0.1) is 0 Å². The Morgan fingerprint density at radius 3 is 2.92 bits per heavy atom. The highest BCUT2D eigenvalue weighted by atomic mass is 35.5. The molecule has 0 atom stereocenters. The van der Waals surface area contributed by atoms with Crippen LogP contribution in [0.15, 0.2) is 23.2 Å². The van der Waals surface area contributed by atoms with E-state index >= 15 is 0 Å². The summed E-state index contributed by atoms with van der Waals surface area (Å²) in [6.07, 6.45) is 0. The van der Waals surface area contributed by atoms with Gasteiger partial charge in [0.15, 0.2) is 5.49 Å². The summed E-state index contributed by atoms with van der Waals surface area (Å²) in [5.41, 5.74) is 0.120. The molecule has 1 N–H and O–H groups in total. The first-order valence-electron chi connectivity index (χ1n) is 3.23. The van der Waals surface area contributed by atoms with Crippen molar-refractivity contribution in [1.82, 2.24) is 4.73 Å². The van der Waals surface area contributed by atoms with E-state index in [9.17, 15) is 10.0 Å². The van der Waals surface area contributed by atoms with Crippen molar-refractivity contribution in [3.05, 3.63) is 28.8 Å². The second-order valence-corrected chi connectivity index (χ2v) is 2.54. The van der Waals surface area contributed by atoms with Crippen LogP contribution in [-0.2, 0) is 4.79 Å². The van der Waals surface area contributed by atoms with Crippen LogP contribution in [0.5, 0.6) is 0 Å². The summed E-state index contributed by atoms with van der Waals surface area (Å²) in [5.74, 6) is -0.389. The molecule has 0 aliphatic rings. The number of amides is 1. The molecule has 0 aliphatic carbocycles. The number of hydrogen-bond acceptors (Lipinski definition) is 2. The van der Waals surface area contributed by atoms with E-state index in [0.717, 1.165) is 0 Å². The highest BCUT2D eigenvalue weighted by Crippen LogP contribution is 2.00. The zero-order chi connectivity index (χ0) is 9.14. The Bertz CT molecular complexity index is 370. The number of pyridine rings is 1. The van der Waals surface area contributed by atoms with Crippen LogP contribution in [0.2, 0.25) is 5.15 Å².